The molecule has 1 heterocycles. The monoisotopic (exact) mass is 454 g/mol. The van der Waals surface area contributed by atoms with Crippen molar-refractivity contribution in [3.63, 3.8) is 0 Å². The molecule has 7 nitrogen and oxygen atoms in total. The number of hydrogen-bond acceptors (Lipinski definition) is 7. The van der Waals surface area contributed by atoms with E-state index in [-0.39, 0.29) is 12.1 Å². The zero-order valence-corrected chi connectivity index (χ0v) is 19.9. The molecular weight excluding hydrogens is 420 g/mol. The molecule has 2 aromatic carbocycles. The van der Waals surface area contributed by atoms with E-state index in [0.717, 1.165) is 29.9 Å². The van der Waals surface area contributed by atoms with Crippen LogP contribution in [-0.4, -0.2) is 40.1 Å². The molecule has 3 atom stereocenters. The van der Waals surface area contributed by atoms with Gasteiger partial charge in [0.1, 0.15) is 12.7 Å². The molecule has 0 fully saturated rings. The van der Waals surface area contributed by atoms with E-state index in [2.05, 4.69) is 6.07 Å². The van der Waals surface area contributed by atoms with Crippen LogP contribution in [-0.2, 0) is 5.41 Å². The molecule has 2 aromatic rings. The van der Waals surface area contributed by atoms with Crippen molar-refractivity contribution in [2.45, 2.75) is 56.6 Å². The highest BCUT2D eigenvalue weighted by Crippen LogP contribution is 2.47. The minimum absolute atomic E-state index is 0.0515. The number of para-hydroxylation sites is 2. The highest BCUT2D eigenvalue weighted by atomic mass is 16.6. The molecule has 0 aliphatic carbocycles. The molecule has 1 aliphatic heterocycles. The summed E-state index contributed by atoms with van der Waals surface area (Å²) >= 11 is 0. The summed E-state index contributed by atoms with van der Waals surface area (Å²) in [6.07, 6.45) is 3.49. The van der Waals surface area contributed by atoms with Crippen LogP contribution in [0.4, 0.5) is 0 Å². The predicted octanol–water partition coefficient (Wildman–Crippen LogP) is 4.61. The molecular formula is C26H34N2O5. The zero-order valence-electron chi connectivity index (χ0n) is 19.9. The van der Waals surface area contributed by atoms with Crippen molar-refractivity contribution in [1.29, 1.82) is 5.26 Å². The Kier molecular flexibility index (Phi) is 8.29. The van der Waals surface area contributed by atoms with Gasteiger partial charge in [-0.05, 0) is 49.9 Å². The molecule has 3 rings (SSSR count). The Morgan fingerprint density at radius 3 is 2.45 bits per heavy atom. The predicted molar refractivity (Wildman–Crippen MR) is 126 cm³/mol. The summed E-state index contributed by atoms with van der Waals surface area (Å²) in [6.45, 7) is 2.51. The fourth-order valence-electron chi connectivity index (χ4n) is 4.48. The maximum atomic E-state index is 10.2. The molecule has 0 saturated heterocycles. The third-order valence-corrected chi connectivity index (χ3v) is 6.35. The largest absolute Gasteiger partial charge is 0.493 e. The molecule has 178 valence electrons. The van der Waals surface area contributed by atoms with Crippen LogP contribution in [0, 0.1) is 11.3 Å². The molecule has 0 saturated carbocycles. The van der Waals surface area contributed by atoms with Gasteiger partial charge >= 0.3 is 0 Å². The number of nitrogens with zero attached hydrogens (tertiary/aromatic N) is 1. The summed E-state index contributed by atoms with van der Waals surface area (Å²) in [6, 6.07) is 13.9. The fraction of sp³-hybridized carbons (Fsp3) is 0.500. The number of benzene rings is 2. The van der Waals surface area contributed by atoms with Gasteiger partial charge in [0.2, 0.25) is 5.75 Å². The minimum atomic E-state index is -0.714. The van der Waals surface area contributed by atoms with Gasteiger partial charge in [0.05, 0.1) is 32.8 Å². The third-order valence-electron chi connectivity index (χ3n) is 6.35. The fourth-order valence-corrected chi connectivity index (χ4v) is 4.48. The van der Waals surface area contributed by atoms with Gasteiger partial charge in [-0.2, -0.15) is 5.26 Å². The van der Waals surface area contributed by atoms with Crippen LogP contribution in [0.5, 0.6) is 28.7 Å². The second-order valence-corrected chi connectivity index (χ2v) is 8.31. The summed E-state index contributed by atoms with van der Waals surface area (Å²) in [5, 5.41) is 10.2. The van der Waals surface area contributed by atoms with Gasteiger partial charge in [-0.15, -0.1) is 0 Å². The standard InChI is InChI=1S/C26H34N2O5/c1-5-26(17-27,20-12-13-23(29-2)25(31-4)24(20)30-3)14-8-9-18(28)15-19-16-32-21-10-6-7-11-22(21)33-19/h6-7,10-13,18-19H,5,8-9,14-16,28H2,1-4H3. The van der Waals surface area contributed by atoms with E-state index in [4.69, 9.17) is 29.4 Å². The van der Waals surface area contributed by atoms with Crippen molar-refractivity contribution in [3.8, 4) is 34.8 Å². The van der Waals surface area contributed by atoms with Crippen LogP contribution in [0.3, 0.4) is 0 Å². The highest BCUT2D eigenvalue weighted by molar-refractivity contribution is 5.59. The molecule has 33 heavy (non-hydrogen) atoms. The summed E-state index contributed by atoms with van der Waals surface area (Å²) in [7, 11) is 4.73. The average Bonchev–Trinajstić information content (AvgIpc) is 2.85. The van der Waals surface area contributed by atoms with E-state index in [9.17, 15) is 5.26 Å². The second-order valence-electron chi connectivity index (χ2n) is 8.31. The number of fused-ring (bicyclic) bond motifs is 1. The van der Waals surface area contributed by atoms with E-state index < -0.39 is 5.41 Å². The summed E-state index contributed by atoms with van der Waals surface area (Å²) in [5.41, 5.74) is 6.53. The Balaban J connectivity index is 1.65. The van der Waals surface area contributed by atoms with E-state index in [0.29, 0.717) is 43.1 Å². The normalized spacial score (nSPS) is 17.4. The Bertz CT molecular complexity index is 974. The van der Waals surface area contributed by atoms with Gasteiger partial charge in [-0.1, -0.05) is 19.1 Å². The number of methoxy groups -OCH3 is 3. The molecule has 0 bridgehead atoms. The lowest BCUT2D eigenvalue weighted by Crippen LogP contribution is -2.36. The summed E-state index contributed by atoms with van der Waals surface area (Å²) in [4.78, 5) is 0. The first-order chi connectivity index (χ1) is 16.0. The maximum absolute atomic E-state index is 10.2. The number of hydrogen-bond donors (Lipinski definition) is 1. The first kappa shape index (κ1) is 24.5. The lowest BCUT2D eigenvalue weighted by atomic mass is 9.74. The van der Waals surface area contributed by atoms with Gasteiger partial charge in [0.15, 0.2) is 23.0 Å². The molecule has 0 amide bonds. The molecule has 1 aliphatic rings. The lowest BCUT2D eigenvalue weighted by Gasteiger charge is -2.30. The van der Waals surface area contributed by atoms with Crippen LogP contribution in [0.25, 0.3) is 0 Å². The summed E-state index contributed by atoms with van der Waals surface area (Å²) < 4.78 is 28.4. The average molecular weight is 455 g/mol. The smallest absolute Gasteiger partial charge is 0.203 e. The van der Waals surface area contributed by atoms with Crippen molar-refractivity contribution in [2.24, 2.45) is 5.73 Å². The zero-order chi connectivity index (χ0) is 23.8. The lowest BCUT2D eigenvalue weighted by molar-refractivity contribution is 0.0789. The van der Waals surface area contributed by atoms with Crippen LogP contribution < -0.4 is 29.4 Å². The van der Waals surface area contributed by atoms with Gasteiger partial charge in [-0.25, -0.2) is 0 Å². The molecule has 2 N–H and O–H groups in total. The Labute approximate surface area is 196 Å². The van der Waals surface area contributed by atoms with Crippen LogP contribution in [0.2, 0.25) is 0 Å². The quantitative estimate of drug-likeness (QED) is 0.529. The number of nitrogens with two attached hydrogens (primary N) is 1. The highest BCUT2D eigenvalue weighted by Gasteiger charge is 2.35. The van der Waals surface area contributed by atoms with E-state index in [1.165, 1.54) is 0 Å². The van der Waals surface area contributed by atoms with E-state index in [1.54, 1.807) is 21.3 Å². The van der Waals surface area contributed by atoms with Gasteiger partial charge < -0.3 is 29.4 Å². The Morgan fingerprint density at radius 2 is 1.82 bits per heavy atom. The maximum Gasteiger partial charge on any atom is 0.203 e. The van der Waals surface area contributed by atoms with E-state index >= 15 is 0 Å². The minimum Gasteiger partial charge on any atom is -0.493 e. The van der Waals surface area contributed by atoms with Gasteiger partial charge in [0.25, 0.3) is 0 Å². The van der Waals surface area contributed by atoms with Crippen molar-refractivity contribution < 1.29 is 23.7 Å². The van der Waals surface area contributed by atoms with Gasteiger partial charge in [0, 0.05) is 18.0 Å². The topological polar surface area (TPSA) is 96.0 Å². The third kappa shape index (κ3) is 5.28. The van der Waals surface area contributed by atoms with Crippen molar-refractivity contribution in [1.82, 2.24) is 0 Å². The Hall–Kier alpha value is -3.11. The number of ether oxygens (including phenoxy) is 5. The van der Waals surface area contributed by atoms with Crippen LogP contribution >= 0.6 is 0 Å². The molecule has 7 heteroatoms. The molecule has 0 radical (unpaired) electrons. The van der Waals surface area contributed by atoms with Crippen molar-refractivity contribution >= 4 is 0 Å². The summed E-state index contributed by atoms with van der Waals surface area (Å²) in [5.74, 6) is 3.14. The van der Waals surface area contributed by atoms with Crippen molar-refractivity contribution in [2.75, 3.05) is 27.9 Å². The number of nitriles is 1. The number of rotatable bonds is 11. The SMILES string of the molecule is CCC(C#N)(CCCC(N)CC1COc2ccccc2O1)c1ccc(OC)c(OC)c1OC. The molecule has 0 spiro atoms. The first-order valence-corrected chi connectivity index (χ1v) is 11.4. The van der Waals surface area contributed by atoms with Crippen molar-refractivity contribution in [3.05, 3.63) is 42.0 Å². The van der Waals surface area contributed by atoms with E-state index in [1.807, 2.05) is 43.3 Å². The Morgan fingerprint density at radius 1 is 1.09 bits per heavy atom. The van der Waals surface area contributed by atoms with Crippen LogP contribution in [0.1, 0.15) is 44.6 Å². The first-order valence-electron chi connectivity index (χ1n) is 11.4. The van der Waals surface area contributed by atoms with Gasteiger partial charge in [-0.3, -0.25) is 0 Å². The molecule has 0 aromatic heterocycles. The second kappa shape index (κ2) is 11.2. The molecule has 3 unspecified atom stereocenters. The van der Waals surface area contributed by atoms with Crippen LogP contribution in [0.15, 0.2) is 36.4 Å².